The molecule has 1 heterocycles. The Hall–Kier alpha value is -2.37. The van der Waals surface area contributed by atoms with Crippen molar-refractivity contribution in [2.24, 2.45) is 0 Å². The second kappa shape index (κ2) is 9.41. The fourth-order valence-electron chi connectivity index (χ4n) is 3.56. The minimum Gasteiger partial charge on any atom is -0.508 e. The zero-order chi connectivity index (χ0) is 22.8. The number of allylic oxidation sites excluding steroid dienone is 1. The molecule has 164 valence electrons. The monoisotopic (exact) mass is 457 g/mol. The SMILES string of the molecule is C=CCc1c(O)ccc2c1c(SC(C)(C)C)c(C(=O)OCC)n2Cc1ccc(Cl)cc1. The highest BCUT2D eigenvalue weighted by atomic mass is 35.5. The fourth-order valence-corrected chi connectivity index (χ4v) is 4.92. The number of fused-ring (bicyclic) bond motifs is 1. The molecule has 0 saturated carbocycles. The quantitative estimate of drug-likeness (QED) is 0.239. The van der Waals surface area contributed by atoms with Gasteiger partial charge in [-0.05, 0) is 43.2 Å². The van der Waals surface area contributed by atoms with E-state index in [-0.39, 0.29) is 23.1 Å². The van der Waals surface area contributed by atoms with Crippen molar-refractivity contribution < 1.29 is 14.6 Å². The van der Waals surface area contributed by atoms with Crippen molar-refractivity contribution in [3.05, 3.63) is 70.9 Å². The van der Waals surface area contributed by atoms with Crippen LogP contribution in [0.2, 0.25) is 5.02 Å². The summed E-state index contributed by atoms with van der Waals surface area (Å²) >= 11 is 7.67. The second-order valence-electron chi connectivity index (χ2n) is 8.28. The average Bonchev–Trinajstić information content (AvgIpc) is 2.98. The number of rotatable bonds is 7. The van der Waals surface area contributed by atoms with E-state index in [1.807, 2.05) is 34.9 Å². The number of hydrogen-bond acceptors (Lipinski definition) is 4. The molecule has 0 radical (unpaired) electrons. The third-order valence-corrected chi connectivity index (χ3v) is 6.21. The number of benzene rings is 2. The molecular weight excluding hydrogens is 430 g/mol. The van der Waals surface area contributed by atoms with Crippen LogP contribution in [0.5, 0.6) is 5.75 Å². The van der Waals surface area contributed by atoms with Crippen LogP contribution in [0.1, 0.15) is 49.3 Å². The molecule has 0 aliphatic heterocycles. The molecule has 1 N–H and O–H groups in total. The molecule has 0 atom stereocenters. The molecule has 0 saturated heterocycles. The maximum absolute atomic E-state index is 13.2. The van der Waals surface area contributed by atoms with E-state index in [9.17, 15) is 9.90 Å². The molecule has 0 unspecified atom stereocenters. The number of aromatic nitrogens is 1. The van der Waals surface area contributed by atoms with Crippen molar-refractivity contribution in [1.82, 2.24) is 4.57 Å². The summed E-state index contributed by atoms with van der Waals surface area (Å²) < 4.78 is 7.29. The fraction of sp³-hybridized carbons (Fsp3) is 0.320. The largest absolute Gasteiger partial charge is 0.508 e. The van der Waals surface area contributed by atoms with Gasteiger partial charge in [0.05, 0.1) is 12.1 Å². The number of phenolic OH excluding ortho intramolecular Hbond substituents is 1. The number of hydrogen-bond donors (Lipinski definition) is 1. The molecular formula is C25H28ClNO3S. The van der Waals surface area contributed by atoms with Gasteiger partial charge >= 0.3 is 5.97 Å². The van der Waals surface area contributed by atoms with Crippen molar-refractivity contribution in [1.29, 1.82) is 0 Å². The van der Waals surface area contributed by atoms with Crippen LogP contribution in [-0.4, -0.2) is 27.0 Å². The van der Waals surface area contributed by atoms with Gasteiger partial charge in [0.1, 0.15) is 11.4 Å². The predicted molar refractivity (Wildman–Crippen MR) is 130 cm³/mol. The molecule has 4 nitrogen and oxygen atoms in total. The first kappa shape index (κ1) is 23.3. The lowest BCUT2D eigenvalue weighted by atomic mass is 10.1. The summed E-state index contributed by atoms with van der Waals surface area (Å²) in [6.07, 6.45) is 2.26. The van der Waals surface area contributed by atoms with Gasteiger partial charge in [-0.2, -0.15) is 0 Å². The first-order valence-corrected chi connectivity index (χ1v) is 11.4. The highest BCUT2D eigenvalue weighted by Crippen LogP contribution is 2.44. The molecule has 0 fully saturated rings. The summed E-state index contributed by atoms with van der Waals surface area (Å²) in [5.74, 6) is -0.175. The molecule has 6 heteroatoms. The van der Waals surface area contributed by atoms with Crippen LogP contribution in [0.15, 0.2) is 53.9 Å². The topological polar surface area (TPSA) is 51.5 Å². The smallest absolute Gasteiger partial charge is 0.356 e. The van der Waals surface area contributed by atoms with Crippen LogP contribution in [-0.2, 0) is 17.7 Å². The zero-order valence-electron chi connectivity index (χ0n) is 18.4. The lowest BCUT2D eigenvalue weighted by Gasteiger charge is -2.19. The first-order chi connectivity index (χ1) is 14.7. The van der Waals surface area contributed by atoms with E-state index in [1.165, 1.54) is 0 Å². The van der Waals surface area contributed by atoms with Gasteiger partial charge in [0.15, 0.2) is 0 Å². The molecule has 3 aromatic rings. The molecule has 2 aromatic carbocycles. The van der Waals surface area contributed by atoms with Gasteiger partial charge in [-0.15, -0.1) is 18.3 Å². The van der Waals surface area contributed by atoms with Gasteiger partial charge in [-0.1, -0.05) is 50.6 Å². The predicted octanol–water partition coefficient (Wildman–Crippen LogP) is 6.84. The summed E-state index contributed by atoms with van der Waals surface area (Å²) in [4.78, 5) is 14.0. The molecule has 0 spiro atoms. The Morgan fingerprint density at radius 1 is 1.23 bits per heavy atom. The van der Waals surface area contributed by atoms with Crippen molar-refractivity contribution in [3.63, 3.8) is 0 Å². The number of phenols is 1. The summed E-state index contributed by atoms with van der Waals surface area (Å²) in [7, 11) is 0. The maximum Gasteiger partial charge on any atom is 0.356 e. The second-order valence-corrected chi connectivity index (χ2v) is 10.5. The van der Waals surface area contributed by atoms with Crippen LogP contribution in [0.4, 0.5) is 0 Å². The standard InChI is InChI=1S/C25H28ClNO3S/c1-6-8-18-20(28)14-13-19-21(18)23(31-25(3,4)5)22(24(29)30-7-2)27(19)15-16-9-11-17(26)12-10-16/h6,9-14,28H,1,7-8,15H2,2-5H3. The molecule has 0 amide bonds. The van der Waals surface area contributed by atoms with E-state index in [2.05, 4.69) is 27.4 Å². The van der Waals surface area contributed by atoms with Crippen LogP contribution < -0.4 is 0 Å². The van der Waals surface area contributed by atoms with E-state index in [0.717, 1.165) is 26.9 Å². The number of thioether (sulfide) groups is 1. The Morgan fingerprint density at radius 3 is 2.48 bits per heavy atom. The minimum atomic E-state index is -0.372. The zero-order valence-corrected chi connectivity index (χ0v) is 19.9. The minimum absolute atomic E-state index is 0.155. The molecule has 3 rings (SSSR count). The normalized spacial score (nSPS) is 11.6. The number of nitrogens with zero attached hydrogens (tertiary/aromatic N) is 1. The molecule has 0 aliphatic rings. The van der Waals surface area contributed by atoms with Gasteiger partial charge < -0.3 is 14.4 Å². The number of carbonyl (C=O) groups is 1. The lowest BCUT2D eigenvalue weighted by Crippen LogP contribution is -2.15. The van der Waals surface area contributed by atoms with E-state index in [4.69, 9.17) is 16.3 Å². The molecule has 0 aliphatic carbocycles. The number of ether oxygens (including phenoxy) is 1. The Balaban J connectivity index is 2.37. The highest BCUT2D eigenvalue weighted by molar-refractivity contribution is 8.00. The van der Waals surface area contributed by atoms with Crippen molar-refractivity contribution in [2.45, 2.75) is 50.3 Å². The van der Waals surface area contributed by atoms with Crippen LogP contribution >= 0.6 is 23.4 Å². The third-order valence-electron chi connectivity index (χ3n) is 4.75. The van der Waals surface area contributed by atoms with E-state index in [0.29, 0.717) is 23.7 Å². The lowest BCUT2D eigenvalue weighted by molar-refractivity contribution is 0.0510. The molecule has 0 bridgehead atoms. The summed E-state index contributed by atoms with van der Waals surface area (Å²) in [5, 5.41) is 12.2. The molecule has 31 heavy (non-hydrogen) atoms. The first-order valence-electron chi connectivity index (χ1n) is 10.2. The van der Waals surface area contributed by atoms with Gasteiger partial charge in [-0.3, -0.25) is 0 Å². The summed E-state index contributed by atoms with van der Waals surface area (Å²) in [5.41, 5.74) is 3.15. The highest BCUT2D eigenvalue weighted by Gasteiger charge is 2.29. The van der Waals surface area contributed by atoms with Gasteiger partial charge in [0.2, 0.25) is 0 Å². The maximum atomic E-state index is 13.2. The molecule has 1 aromatic heterocycles. The third kappa shape index (κ3) is 5.10. The Morgan fingerprint density at radius 2 is 1.90 bits per heavy atom. The van der Waals surface area contributed by atoms with E-state index in [1.54, 1.807) is 30.8 Å². The van der Waals surface area contributed by atoms with Crippen LogP contribution in [0.3, 0.4) is 0 Å². The van der Waals surface area contributed by atoms with Gasteiger partial charge in [0.25, 0.3) is 0 Å². The Kier molecular flexibility index (Phi) is 7.07. The summed E-state index contributed by atoms with van der Waals surface area (Å²) in [6.45, 7) is 12.7. The van der Waals surface area contributed by atoms with Crippen LogP contribution in [0.25, 0.3) is 10.9 Å². The number of aromatic hydroxyl groups is 1. The van der Waals surface area contributed by atoms with Crippen molar-refractivity contribution >= 4 is 40.2 Å². The number of carbonyl (C=O) groups excluding carboxylic acids is 1. The van der Waals surface area contributed by atoms with Gasteiger partial charge in [0, 0.05) is 32.2 Å². The Labute approximate surface area is 192 Å². The van der Waals surface area contributed by atoms with Crippen molar-refractivity contribution in [3.8, 4) is 5.75 Å². The van der Waals surface area contributed by atoms with Gasteiger partial charge in [-0.25, -0.2) is 4.79 Å². The summed E-state index contributed by atoms with van der Waals surface area (Å²) in [6, 6.07) is 11.1. The van der Waals surface area contributed by atoms with Crippen LogP contribution in [0, 0.1) is 0 Å². The Bertz CT molecular complexity index is 1110. The number of halogens is 1. The van der Waals surface area contributed by atoms with Crippen molar-refractivity contribution in [2.75, 3.05) is 6.61 Å². The number of esters is 1. The van der Waals surface area contributed by atoms with E-state index < -0.39 is 0 Å². The van der Waals surface area contributed by atoms with E-state index >= 15 is 0 Å². The average molecular weight is 458 g/mol.